The summed E-state index contributed by atoms with van der Waals surface area (Å²) in [5, 5.41) is 7.29. The largest absolute Gasteiger partial charge is 0.376 e. The summed E-state index contributed by atoms with van der Waals surface area (Å²) < 4.78 is 5.60. The summed E-state index contributed by atoms with van der Waals surface area (Å²) in [6, 6.07) is 19.2. The molecule has 3 nitrogen and oxygen atoms in total. The maximum atomic E-state index is 5.60. The van der Waals surface area contributed by atoms with Gasteiger partial charge in [0.1, 0.15) is 0 Å². The molecule has 3 rings (SSSR count). The van der Waals surface area contributed by atoms with Crippen molar-refractivity contribution in [1.82, 2.24) is 10.6 Å². The van der Waals surface area contributed by atoms with Crippen LogP contribution in [-0.2, 0) is 4.74 Å². The lowest BCUT2D eigenvalue weighted by molar-refractivity contribution is 0.114. The first kappa shape index (κ1) is 16.9. The monoisotopic (exact) mass is 340 g/mol. The number of nitrogens with one attached hydrogen (secondary N) is 2. The van der Waals surface area contributed by atoms with Crippen molar-refractivity contribution < 1.29 is 4.74 Å². The molecule has 0 amide bonds. The van der Waals surface area contributed by atoms with E-state index < -0.39 is 0 Å². The fourth-order valence-corrected chi connectivity index (χ4v) is 3.20. The minimum atomic E-state index is 0.166. The smallest absolute Gasteiger partial charge is 0.166 e. The molecule has 2 aromatic carbocycles. The molecule has 2 N–H and O–H groups in total. The van der Waals surface area contributed by atoms with E-state index >= 15 is 0 Å². The van der Waals surface area contributed by atoms with Crippen molar-refractivity contribution in [2.75, 3.05) is 13.2 Å². The molecular formula is C20H24N2OS. The highest BCUT2D eigenvalue weighted by molar-refractivity contribution is 7.80. The van der Waals surface area contributed by atoms with Gasteiger partial charge in [0.2, 0.25) is 0 Å². The second-order valence-electron chi connectivity index (χ2n) is 6.20. The highest BCUT2D eigenvalue weighted by Gasteiger charge is 2.15. The van der Waals surface area contributed by atoms with Crippen molar-refractivity contribution in [1.29, 1.82) is 0 Å². The number of thiocarbonyl (C=S) groups is 1. The summed E-state index contributed by atoms with van der Waals surface area (Å²) in [6.45, 7) is 3.78. The average Bonchev–Trinajstić information content (AvgIpc) is 3.14. The van der Waals surface area contributed by atoms with E-state index in [1.54, 1.807) is 0 Å². The molecule has 0 bridgehead atoms. The third kappa shape index (κ3) is 4.56. The van der Waals surface area contributed by atoms with Crippen LogP contribution in [0.15, 0.2) is 54.6 Å². The topological polar surface area (TPSA) is 33.3 Å². The summed E-state index contributed by atoms with van der Waals surface area (Å²) >= 11 is 5.39. The SMILES string of the molecule is C[C@H](NC(=S)NC[C@@H]1CCCO1)c1ccc(-c2ccccc2)cc1. The van der Waals surface area contributed by atoms with Crippen LogP contribution < -0.4 is 10.6 Å². The molecule has 1 aliphatic rings. The van der Waals surface area contributed by atoms with Crippen LogP contribution in [0.4, 0.5) is 0 Å². The van der Waals surface area contributed by atoms with Gasteiger partial charge in [-0.3, -0.25) is 0 Å². The van der Waals surface area contributed by atoms with Crippen LogP contribution in [0.2, 0.25) is 0 Å². The first-order valence-corrected chi connectivity index (χ1v) is 8.94. The molecule has 0 unspecified atom stereocenters. The lowest BCUT2D eigenvalue weighted by Gasteiger charge is -2.19. The lowest BCUT2D eigenvalue weighted by atomic mass is 10.0. The molecule has 2 aromatic rings. The Bertz CT molecular complexity index is 651. The zero-order valence-electron chi connectivity index (χ0n) is 14.0. The Balaban J connectivity index is 1.52. The van der Waals surface area contributed by atoms with E-state index in [1.165, 1.54) is 16.7 Å². The fraction of sp³-hybridized carbons (Fsp3) is 0.350. The van der Waals surface area contributed by atoms with Crippen molar-refractivity contribution in [3.8, 4) is 11.1 Å². The third-order valence-corrected chi connectivity index (χ3v) is 4.64. The molecule has 1 aliphatic heterocycles. The highest BCUT2D eigenvalue weighted by atomic mass is 32.1. The van der Waals surface area contributed by atoms with Crippen LogP contribution in [0.3, 0.4) is 0 Å². The van der Waals surface area contributed by atoms with Crippen molar-refractivity contribution in [3.63, 3.8) is 0 Å². The van der Waals surface area contributed by atoms with E-state index in [-0.39, 0.29) is 6.04 Å². The number of hydrogen-bond acceptors (Lipinski definition) is 2. The average molecular weight is 340 g/mol. The minimum Gasteiger partial charge on any atom is -0.376 e. The molecule has 0 spiro atoms. The fourth-order valence-electron chi connectivity index (χ4n) is 2.94. The van der Waals surface area contributed by atoms with Crippen molar-refractivity contribution in [3.05, 3.63) is 60.2 Å². The Hall–Kier alpha value is -1.91. The molecule has 0 aromatic heterocycles. The number of hydrogen-bond donors (Lipinski definition) is 2. The van der Waals surface area contributed by atoms with E-state index in [0.717, 1.165) is 26.0 Å². The summed E-state index contributed by atoms with van der Waals surface area (Å²) in [4.78, 5) is 0. The number of ether oxygens (including phenoxy) is 1. The quantitative estimate of drug-likeness (QED) is 0.804. The molecule has 24 heavy (non-hydrogen) atoms. The molecular weight excluding hydrogens is 316 g/mol. The Morgan fingerprint density at radius 2 is 1.83 bits per heavy atom. The van der Waals surface area contributed by atoms with Gasteiger partial charge in [-0.25, -0.2) is 0 Å². The molecule has 1 heterocycles. The van der Waals surface area contributed by atoms with E-state index in [1.807, 2.05) is 6.07 Å². The van der Waals surface area contributed by atoms with Gasteiger partial charge in [-0.2, -0.15) is 0 Å². The van der Waals surface area contributed by atoms with E-state index in [9.17, 15) is 0 Å². The third-order valence-electron chi connectivity index (χ3n) is 4.38. The molecule has 4 heteroatoms. The summed E-state index contributed by atoms with van der Waals surface area (Å²) in [6.07, 6.45) is 2.56. The van der Waals surface area contributed by atoms with Crippen molar-refractivity contribution in [2.45, 2.75) is 31.9 Å². The van der Waals surface area contributed by atoms with Crippen LogP contribution in [0.5, 0.6) is 0 Å². The van der Waals surface area contributed by atoms with Gasteiger partial charge < -0.3 is 15.4 Å². The molecule has 0 saturated carbocycles. The molecule has 126 valence electrons. The van der Waals surface area contributed by atoms with Gasteiger partial charge in [-0.05, 0) is 48.7 Å². The lowest BCUT2D eigenvalue weighted by Crippen LogP contribution is -2.40. The van der Waals surface area contributed by atoms with Crippen molar-refractivity contribution >= 4 is 17.3 Å². The maximum absolute atomic E-state index is 5.60. The molecule has 2 atom stereocenters. The first-order valence-electron chi connectivity index (χ1n) is 8.54. The van der Waals surface area contributed by atoms with Crippen LogP contribution >= 0.6 is 12.2 Å². The predicted octanol–water partition coefficient (Wildman–Crippen LogP) is 4.06. The normalized spacial score (nSPS) is 18.1. The molecule has 0 aliphatic carbocycles. The zero-order chi connectivity index (χ0) is 16.8. The molecule has 1 saturated heterocycles. The van der Waals surface area contributed by atoms with Crippen molar-refractivity contribution in [2.24, 2.45) is 0 Å². The van der Waals surface area contributed by atoms with Gasteiger partial charge in [0.25, 0.3) is 0 Å². The maximum Gasteiger partial charge on any atom is 0.166 e. The van der Waals surface area contributed by atoms with Gasteiger partial charge in [0.05, 0.1) is 12.1 Å². The van der Waals surface area contributed by atoms with Gasteiger partial charge in [0.15, 0.2) is 5.11 Å². The number of rotatable bonds is 5. The number of benzene rings is 2. The van der Waals surface area contributed by atoms with Gasteiger partial charge in [-0.15, -0.1) is 0 Å². The van der Waals surface area contributed by atoms with Crippen LogP contribution in [0.1, 0.15) is 31.4 Å². The highest BCUT2D eigenvalue weighted by Crippen LogP contribution is 2.21. The van der Waals surface area contributed by atoms with Gasteiger partial charge >= 0.3 is 0 Å². The predicted molar refractivity (Wildman–Crippen MR) is 103 cm³/mol. The Morgan fingerprint density at radius 1 is 1.12 bits per heavy atom. The van der Waals surface area contributed by atoms with E-state index in [0.29, 0.717) is 11.2 Å². The second-order valence-corrected chi connectivity index (χ2v) is 6.61. The van der Waals surface area contributed by atoms with Crippen LogP contribution in [-0.4, -0.2) is 24.4 Å². The van der Waals surface area contributed by atoms with Crippen LogP contribution in [0.25, 0.3) is 11.1 Å². The van der Waals surface area contributed by atoms with Gasteiger partial charge in [-0.1, -0.05) is 54.6 Å². The molecule has 0 radical (unpaired) electrons. The Morgan fingerprint density at radius 3 is 2.50 bits per heavy atom. The Kier molecular flexibility index (Phi) is 5.83. The standard InChI is InChI=1S/C20H24N2OS/c1-15(22-20(24)21-14-19-8-5-13-23-19)16-9-11-18(12-10-16)17-6-3-2-4-7-17/h2-4,6-7,9-12,15,19H,5,8,13-14H2,1H3,(H2,21,22,24)/t15-,19-/m0/s1. The van der Waals surface area contributed by atoms with E-state index in [2.05, 4.69) is 66.1 Å². The zero-order valence-corrected chi connectivity index (χ0v) is 14.8. The summed E-state index contributed by atoms with van der Waals surface area (Å²) in [7, 11) is 0. The second kappa shape index (κ2) is 8.27. The summed E-state index contributed by atoms with van der Waals surface area (Å²) in [5.74, 6) is 0. The van der Waals surface area contributed by atoms with Gasteiger partial charge in [0, 0.05) is 13.2 Å². The van der Waals surface area contributed by atoms with Crippen LogP contribution in [0, 0.1) is 0 Å². The minimum absolute atomic E-state index is 0.166. The molecule has 1 fully saturated rings. The first-order chi connectivity index (χ1) is 11.7. The van der Waals surface area contributed by atoms with E-state index in [4.69, 9.17) is 17.0 Å². The summed E-state index contributed by atoms with van der Waals surface area (Å²) in [5.41, 5.74) is 3.68. The Labute approximate surface area is 149 Å².